The van der Waals surface area contributed by atoms with E-state index in [1.165, 1.54) is 0 Å². The zero-order chi connectivity index (χ0) is 15.5. The number of rotatable bonds is 4. The van der Waals surface area contributed by atoms with Crippen molar-refractivity contribution in [3.05, 3.63) is 23.8 Å². The summed E-state index contributed by atoms with van der Waals surface area (Å²) in [5.74, 6) is 0.508. The number of hydrogen-bond donors (Lipinski definition) is 2. The summed E-state index contributed by atoms with van der Waals surface area (Å²) >= 11 is 0. The van der Waals surface area contributed by atoms with Gasteiger partial charge in [0.15, 0.2) is 0 Å². The first-order valence-corrected chi connectivity index (χ1v) is 7.38. The van der Waals surface area contributed by atoms with Crippen LogP contribution in [0.3, 0.4) is 0 Å². The summed E-state index contributed by atoms with van der Waals surface area (Å²) in [6, 6.07) is 5.27. The SMILES string of the molecule is CCOc1ccc(C(=O)NC2CCOC(C)(C)C2)cc1N. The molecule has 1 aliphatic rings. The van der Waals surface area contributed by atoms with E-state index < -0.39 is 0 Å². The Bertz CT molecular complexity index is 514. The molecule has 0 aliphatic carbocycles. The van der Waals surface area contributed by atoms with Crippen molar-refractivity contribution >= 4 is 11.6 Å². The number of nitrogen functional groups attached to an aromatic ring is 1. The maximum absolute atomic E-state index is 12.3. The summed E-state index contributed by atoms with van der Waals surface area (Å²) in [6.45, 7) is 7.20. The van der Waals surface area contributed by atoms with E-state index in [-0.39, 0.29) is 17.6 Å². The van der Waals surface area contributed by atoms with Crippen LogP contribution in [0.1, 0.15) is 44.0 Å². The van der Waals surface area contributed by atoms with E-state index >= 15 is 0 Å². The average molecular weight is 292 g/mol. The van der Waals surface area contributed by atoms with E-state index in [1.807, 2.05) is 20.8 Å². The van der Waals surface area contributed by atoms with Crippen molar-refractivity contribution in [1.29, 1.82) is 0 Å². The van der Waals surface area contributed by atoms with Crippen molar-refractivity contribution in [2.24, 2.45) is 0 Å². The lowest BCUT2D eigenvalue weighted by atomic mass is 9.94. The van der Waals surface area contributed by atoms with E-state index in [1.54, 1.807) is 18.2 Å². The first-order chi connectivity index (χ1) is 9.91. The van der Waals surface area contributed by atoms with Gasteiger partial charge in [0.25, 0.3) is 5.91 Å². The van der Waals surface area contributed by atoms with Gasteiger partial charge in [-0.15, -0.1) is 0 Å². The molecule has 1 saturated heterocycles. The molecule has 1 fully saturated rings. The Morgan fingerprint density at radius 1 is 1.52 bits per heavy atom. The van der Waals surface area contributed by atoms with Gasteiger partial charge in [-0.3, -0.25) is 4.79 Å². The van der Waals surface area contributed by atoms with Crippen LogP contribution in [-0.4, -0.2) is 30.8 Å². The minimum absolute atomic E-state index is 0.104. The van der Waals surface area contributed by atoms with Crippen LogP contribution in [-0.2, 0) is 4.74 Å². The van der Waals surface area contributed by atoms with Crippen molar-refractivity contribution in [3.8, 4) is 5.75 Å². The van der Waals surface area contributed by atoms with Crippen LogP contribution in [0.2, 0.25) is 0 Å². The van der Waals surface area contributed by atoms with Gasteiger partial charge in [0.2, 0.25) is 0 Å². The van der Waals surface area contributed by atoms with Crippen LogP contribution in [0.15, 0.2) is 18.2 Å². The zero-order valence-corrected chi connectivity index (χ0v) is 12.9. The highest BCUT2D eigenvalue weighted by molar-refractivity contribution is 5.95. The molecular formula is C16H24N2O3. The summed E-state index contributed by atoms with van der Waals surface area (Å²) in [6.07, 6.45) is 1.65. The van der Waals surface area contributed by atoms with E-state index in [4.69, 9.17) is 15.2 Å². The van der Waals surface area contributed by atoms with Crippen molar-refractivity contribution < 1.29 is 14.3 Å². The second kappa shape index (κ2) is 6.35. The fraction of sp³-hybridized carbons (Fsp3) is 0.562. The first kappa shape index (κ1) is 15.6. The summed E-state index contributed by atoms with van der Waals surface area (Å²) in [5.41, 5.74) is 6.75. The van der Waals surface area contributed by atoms with Gasteiger partial charge in [0.05, 0.1) is 17.9 Å². The van der Waals surface area contributed by atoms with Crippen LogP contribution in [0, 0.1) is 0 Å². The molecule has 5 heteroatoms. The molecule has 1 aliphatic heterocycles. The van der Waals surface area contributed by atoms with Gasteiger partial charge in [-0.1, -0.05) is 0 Å². The van der Waals surface area contributed by atoms with Gasteiger partial charge < -0.3 is 20.5 Å². The molecule has 1 aromatic carbocycles. The number of carbonyl (C=O) groups excluding carboxylic acids is 1. The molecular weight excluding hydrogens is 268 g/mol. The molecule has 116 valence electrons. The fourth-order valence-electron chi connectivity index (χ4n) is 2.60. The van der Waals surface area contributed by atoms with Crippen LogP contribution in [0.5, 0.6) is 5.75 Å². The third-order valence-corrected chi connectivity index (χ3v) is 3.60. The lowest BCUT2D eigenvalue weighted by molar-refractivity contribution is -0.0615. The summed E-state index contributed by atoms with van der Waals surface area (Å²) in [7, 11) is 0. The largest absolute Gasteiger partial charge is 0.492 e. The Balaban J connectivity index is 2.01. The number of nitrogens with two attached hydrogens (primary N) is 1. The molecule has 1 atom stereocenters. The maximum atomic E-state index is 12.3. The van der Waals surface area contributed by atoms with E-state index in [2.05, 4.69) is 5.32 Å². The topological polar surface area (TPSA) is 73.6 Å². The number of amides is 1. The van der Waals surface area contributed by atoms with Crippen molar-refractivity contribution in [1.82, 2.24) is 5.32 Å². The second-order valence-electron chi connectivity index (χ2n) is 5.96. The fourth-order valence-corrected chi connectivity index (χ4v) is 2.60. The standard InChI is InChI=1S/C16H24N2O3/c1-4-20-14-6-5-11(9-13(14)17)15(19)18-12-7-8-21-16(2,3)10-12/h5-6,9,12H,4,7-8,10,17H2,1-3H3,(H,18,19). The number of hydrogen-bond acceptors (Lipinski definition) is 4. The Morgan fingerprint density at radius 2 is 2.29 bits per heavy atom. The van der Waals surface area contributed by atoms with Gasteiger partial charge in [-0.05, 0) is 51.8 Å². The zero-order valence-electron chi connectivity index (χ0n) is 12.9. The van der Waals surface area contributed by atoms with Gasteiger partial charge in [-0.2, -0.15) is 0 Å². The third kappa shape index (κ3) is 4.11. The minimum Gasteiger partial charge on any atom is -0.492 e. The Labute approximate surface area is 125 Å². The Kier molecular flexibility index (Phi) is 4.73. The van der Waals surface area contributed by atoms with Crippen LogP contribution in [0.25, 0.3) is 0 Å². The summed E-state index contributed by atoms with van der Waals surface area (Å²) < 4.78 is 11.0. The highest BCUT2D eigenvalue weighted by Crippen LogP contribution is 2.25. The summed E-state index contributed by atoms with van der Waals surface area (Å²) in [4.78, 5) is 12.3. The van der Waals surface area contributed by atoms with Crippen molar-refractivity contribution in [2.45, 2.75) is 45.3 Å². The summed E-state index contributed by atoms with van der Waals surface area (Å²) in [5, 5.41) is 3.05. The monoisotopic (exact) mass is 292 g/mol. The average Bonchev–Trinajstić information content (AvgIpc) is 2.40. The van der Waals surface area contributed by atoms with Gasteiger partial charge in [0, 0.05) is 18.2 Å². The van der Waals surface area contributed by atoms with Crippen LogP contribution < -0.4 is 15.8 Å². The number of benzene rings is 1. The normalized spacial score (nSPS) is 20.8. The number of ether oxygens (including phenoxy) is 2. The molecule has 21 heavy (non-hydrogen) atoms. The molecule has 1 amide bonds. The van der Waals surface area contributed by atoms with Crippen LogP contribution in [0.4, 0.5) is 5.69 Å². The van der Waals surface area contributed by atoms with E-state index in [0.29, 0.717) is 30.2 Å². The van der Waals surface area contributed by atoms with Crippen molar-refractivity contribution in [2.75, 3.05) is 18.9 Å². The first-order valence-electron chi connectivity index (χ1n) is 7.38. The van der Waals surface area contributed by atoms with Gasteiger partial charge >= 0.3 is 0 Å². The molecule has 0 bridgehead atoms. The smallest absolute Gasteiger partial charge is 0.251 e. The maximum Gasteiger partial charge on any atom is 0.251 e. The van der Waals surface area contributed by atoms with Crippen LogP contribution >= 0.6 is 0 Å². The lowest BCUT2D eigenvalue weighted by Crippen LogP contribution is -2.45. The number of nitrogens with one attached hydrogen (secondary N) is 1. The van der Waals surface area contributed by atoms with E-state index in [9.17, 15) is 4.79 Å². The molecule has 1 unspecified atom stereocenters. The van der Waals surface area contributed by atoms with Gasteiger partial charge in [0.1, 0.15) is 5.75 Å². The molecule has 5 nitrogen and oxygen atoms in total. The molecule has 1 aromatic rings. The molecule has 0 spiro atoms. The Hall–Kier alpha value is -1.75. The molecule has 3 N–H and O–H groups in total. The Morgan fingerprint density at radius 3 is 2.90 bits per heavy atom. The molecule has 0 radical (unpaired) electrons. The predicted octanol–water partition coefficient (Wildman–Crippen LogP) is 2.35. The highest BCUT2D eigenvalue weighted by atomic mass is 16.5. The van der Waals surface area contributed by atoms with Crippen molar-refractivity contribution in [3.63, 3.8) is 0 Å². The quantitative estimate of drug-likeness (QED) is 0.835. The third-order valence-electron chi connectivity index (χ3n) is 3.60. The minimum atomic E-state index is -0.186. The second-order valence-corrected chi connectivity index (χ2v) is 5.96. The number of carbonyl (C=O) groups is 1. The molecule has 2 rings (SSSR count). The van der Waals surface area contributed by atoms with E-state index in [0.717, 1.165) is 12.8 Å². The number of anilines is 1. The van der Waals surface area contributed by atoms with Gasteiger partial charge in [-0.25, -0.2) is 0 Å². The molecule has 0 aromatic heterocycles. The predicted molar refractivity (Wildman–Crippen MR) is 82.5 cm³/mol. The molecule has 0 saturated carbocycles. The lowest BCUT2D eigenvalue weighted by Gasteiger charge is -2.35. The molecule has 1 heterocycles. The highest BCUT2D eigenvalue weighted by Gasteiger charge is 2.29.